The first kappa shape index (κ1) is 12.8. The zero-order valence-electron chi connectivity index (χ0n) is 11.2. The summed E-state index contributed by atoms with van der Waals surface area (Å²) in [4.78, 5) is 13.3. The number of aromatic nitrogens is 4. The molecular weight excluding hydrogens is 256 g/mol. The molecule has 0 aromatic carbocycles. The molecule has 0 fully saturated rings. The maximum Gasteiger partial charge on any atom is 0.152 e. The minimum Gasteiger partial charge on any atom is -0.382 e. The van der Waals surface area contributed by atoms with Gasteiger partial charge in [0, 0.05) is 26.4 Å². The lowest BCUT2D eigenvalue weighted by Gasteiger charge is -2.08. The van der Waals surface area contributed by atoms with Crippen LogP contribution in [0.2, 0.25) is 0 Å². The molecule has 0 unspecified atom stereocenters. The Bertz CT molecular complexity index is 766. The lowest BCUT2D eigenvalue weighted by Crippen LogP contribution is -2.13. The third-order valence-corrected chi connectivity index (χ3v) is 3.17. The molecule has 0 spiro atoms. The highest BCUT2D eigenvalue weighted by Crippen LogP contribution is 2.27. The maximum atomic E-state index is 6.01. The van der Waals surface area contributed by atoms with E-state index in [9.17, 15) is 0 Å². The van der Waals surface area contributed by atoms with E-state index in [1.165, 1.54) is 0 Å². The first-order valence-electron chi connectivity index (χ1n) is 6.34. The Hall–Kier alpha value is -2.25. The third kappa shape index (κ3) is 1.87. The molecular formula is C13H16N6O. The number of imidazole rings is 1. The van der Waals surface area contributed by atoms with Crippen LogP contribution in [-0.2, 0) is 17.9 Å². The predicted octanol–water partition coefficient (Wildman–Crippen LogP) is 0.667. The highest BCUT2D eigenvalue weighted by Gasteiger charge is 2.17. The fourth-order valence-corrected chi connectivity index (χ4v) is 2.38. The molecule has 0 aliphatic carbocycles. The van der Waals surface area contributed by atoms with Crippen LogP contribution in [0.25, 0.3) is 22.1 Å². The van der Waals surface area contributed by atoms with Gasteiger partial charge in [-0.15, -0.1) is 0 Å². The number of pyridine rings is 2. The highest BCUT2D eigenvalue weighted by molar-refractivity contribution is 6.04. The number of rotatable bonds is 4. The van der Waals surface area contributed by atoms with Gasteiger partial charge in [0.1, 0.15) is 29.0 Å². The van der Waals surface area contributed by atoms with Gasteiger partial charge in [-0.25, -0.2) is 9.97 Å². The highest BCUT2D eigenvalue weighted by atomic mass is 16.5. The molecule has 3 aromatic heterocycles. The molecule has 0 atom stereocenters. The summed E-state index contributed by atoms with van der Waals surface area (Å²) in [5, 5.41) is 0. The van der Waals surface area contributed by atoms with Gasteiger partial charge in [0.2, 0.25) is 0 Å². The summed E-state index contributed by atoms with van der Waals surface area (Å²) in [6.07, 6.45) is 1.73. The minimum atomic E-state index is 0.391. The standard InChI is InChI=1S/C13H16N6O/c1-20-7-9-18-11-12(19(9)6-4-14)10-8(17-13(11)15)3-2-5-16-10/h2-3,5H,4,6-7,14H2,1H3,(H2,15,17). The Morgan fingerprint density at radius 2 is 2.15 bits per heavy atom. The minimum absolute atomic E-state index is 0.391. The summed E-state index contributed by atoms with van der Waals surface area (Å²) >= 11 is 0. The molecule has 3 heterocycles. The fraction of sp³-hybridized carbons (Fsp3) is 0.308. The molecule has 0 saturated carbocycles. The molecule has 7 heteroatoms. The molecule has 0 aliphatic heterocycles. The number of anilines is 1. The summed E-state index contributed by atoms with van der Waals surface area (Å²) in [6.45, 7) is 1.52. The number of nitrogens with two attached hydrogens (primary N) is 2. The molecule has 7 nitrogen and oxygen atoms in total. The van der Waals surface area contributed by atoms with E-state index in [0.717, 1.165) is 22.4 Å². The van der Waals surface area contributed by atoms with E-state index in [0.29, 0.717) is 31.0 Å². The predicted molar refractivity (Wildman–Crippen MR) is 77.0 cm³/mol. The van der Waals surface area contributed by atoms with Crippen molar-refractivity contribution >= 4 is 27.9 Å². The Kier molecular flexibility index (Phi) is 3.21. The second kappa shape index (κ2) is 5.03. The zero-order valence-corrected chi connectivity index (χ0v) is 11.2. The monoisotopic (exact) mass is 272 g/mol. The SMILES string of the molecule is COCc1nc2c(N)nc3cccnc3c2n1CCN. The van der Waals surface area contributed by atoms with Gasteiger partial charge in [-0.2, -0.15) is 0 Å². The average Bonchev–Trinajstić information content (AvgIpc) is 2.80. The van der Waals surface area contributed by atoms with Crippen molar-refractivity contribution in [3.05, 3.63) is 24.2 Å². The smallest absolute Gasteiger partial charge is 0.152 e. The number of fused-ring (bicyclic) bond motifs is 3. The van der Waals surface area contributed by atoms with Crippen molar-refractivity contribution in [2.24, 2.45) is 5.73 Å². The number of ether oxygens (including phenoxy) is 1. The normalized spacial score (nSPS) is 11.5. The van der Waals surface area contributed by atoms with Gasteiger partial charge in [-0.3, -0.25) is 4.98 Å². The molecule has 0 amide bonds. The van der Waals surface area contributed by atoms with Crippen molar-refractivity contribution in [1.29, 1.82) is 0 Å². The van der Waals surface area contributed by atoms with E-state index in [2.05, 4.69) is 15.0 Å². The number of methoxy groups -OCH3 is 1. The maximum absolute atomic E-state index is 6.01. The number of hydrogen-bond donors (Lipinski definition) is 2. The van der Waals surface area contributed by atoms with Crippen molar-refractivity contribution in [1.82, 2.24) is 19.5 Å². The van der Waals surface area contributed by atoms with Crippen LogP contribution in [0.3, 0.4) is 0 Å². The molecule has 3 aromatic rings. The number of nitrogen functional groups attached to an aromatic ring is 1. The van der Waals surface area contributed by atoms with Gasteiger partial charge in [0.25, 0.3) is 0 Å². The first-order chi connectivity index (χ1) is 9.76. The zero-order chi connectivity index (χ0) is 14.1. The molecule has 20 heavy (non-hydrogen) atoms. The van der Waals surface area contributed by atoms with Crippen LogP contribution >= 0.6 is 0 Å². The van der Waals surface area contributed by atoms with Crippen molar-refractivity contribution in [2.75, 3.05) is 19.4 Å². The molecule has 104 valence electrons. The van der Waals surface area contributed by atoms with E-state index < -0.39 is 0 Å². The summed E-state index contributed by atoms with van der Waals surface area (Å²) in [6, 6.07) is 3.72. The Morgan fingerprint density at radius 1 is 1.30 bits per heavy atom. The van der Waals surface area contributed by atoms with Gasteiger partial charge >= 0.3 is 0 Å². The van der Waals surface area contributed by atoms with Crippen LogP contribution in [-0.4, -0.2) is 33.2 Å². The van der Waals surface area contributed by atoms with Crippen molar-refractivity contribution in [2.45, 2.75) is 13.2 Å². The summed E-state index contributed by atoms with van der Waals surface area (Å²) in [5.41, 5.74) is 14.8. The van der Waals surface area contributed by atoms with Crippen LogP contribution < -0.4 is 11.5 Å². The van der Waals surface area contributed by atoms with Crippen molar-refractivity contribution in [3.63, 3.8) is 0 Å². The van der Waals surface area contributed by atoms with Crippen LogP contribution in [0, 0.1) is 0 Å². The number of hydrogen-bond acceptors (Lipinski definition) is 6. The molecule has 0 aliphatic rings. The van der Waals surface area contributed by atoms with Crippen LogP contribution in [0.4, 0.5) is 5.82 Å². The molecule has 4 N–H and O–H groups in total. The molecule has 0 bridgehead atoms. The second-order valence-corrected chi connectivity index (χ2v) is 4.47. The quantitative estimate of drug-likeness (QED) is 0.723. The van der Waals surface area contributed by atoms with Crippen LogP contribution in [0.5, 0.6) is 0 Å². The molecule has 3 rings (SSSR count). The van der Waals surface area contributed by atoms with Crippen molar-refractivity contribution < 1.29 is 4.74 Å². The first-order valence-corrected chi connectivity index (χ1v) is 6.34. The van der Waals surface area contributed by atoms with Crippen LogP contribution in [0.1, 0.15) is 5.82 Å². The van der Waals surface area contributed by atoms with Gasteiger partial charge in [-0.1, -0.05) is 0 Å². The summed E-state index contributed by atoms with van der Waals surface area (Å²) < 4.78 is 7.20. The fourth-order valence-electron chi connectivity index (χ4n) is 2.38. The lowest BCUT2D eigenvalue weighted by atomic mass is 10.2. The molecule has 0 saturated heterocycles. The Balaban J connectivity index is 2.42. The summed E-state index contributed by atoms with van der Waals surface area (Å²) in [5.74, 6) is 1.17. The lowest BCUT2D eigenvalue weighted by molar-refractivity contribution is 0.175. The van der Waals surface area contributed by atoms with Crippen molar-refractivity contribution in [3.8, 4) is 0 Å². The Labute approximate surface area is 115 Å². The van der Waals surface area contributed by atoms with E-state index in [1.807, 2.05) is 16.7 Å². The van der Waals surface area contributed by atoms with Gasteiger partial charge in [-0.05, 0) is 12.1 Å². The van der Waals surface area contributed by atoms with Gasteiger partial charge in [0.05, 0.1) is 5.52 Å². The molecule has 0 radical (unpaired) electrons. The number of nitrogens with zero attached hydrogens (tertiary/aromatic N) is 4. The van der Waals surface area contributed by atoms with E-state index in [1.54, 1.807) is 13.3 Å². The Morgan fingerprint density at radius 3 is 2.90 bits per heavy atom. The van der Waals surface area contributed by atoms with E-state index in [4.69, 9.17) is 16.2 Å². The van der Waals surface area contributed by atoms with E-state index in [-0.39, 0.29) is 0 Å². The second-order valence-electron chi connectivity index (χ2n) is 4.47. The largest absolute Gasteiger partial charge is 0.382 e. The van der Waals surface area contributed by atoms with E-state index >= 15 is 0 Å². The van der Waals surface area contributed by atoms with Gasteiger partial charge in [0.15, 0.2) is 5.82 Å². The topological polar surface area (TPSA) is 105 Å². The summed E-state index contributed by atoms with van der Waals surface area (Å²) in [7, 11) is 1.63. The third-order valence-electron chi connectivity index (χ3n) is 3.17. The average molecular weight is 272 g/mol. The van der Waals surface area contributed by atoms with Gasteiger partial charge < -0.3 is 20.8 Å². The van der Waals surface area contributed by atoms with Crippen LogP contribution in [0.15, 0.2) is 18.3 Å².